The van der Waals surface area contributed by atoms with Gasteiger partial charge in [-0.1, -0.05) is 51.6 Å². The van der Waals surface area contributed by atoms with Gasteiger partial charge in [0.25, 0.3) is 0 Å². The molecule has 0 aromatic heterocycles. The van der Waals surface area contributed by atoms with Crippen LogP contribution in [0.4, 0.5) is 11.4 Å². The number of hydrogen-bond donors (Lipinski definition) is 1. The van der Waals surface area contributed by atoms with E-state index in [-0.39, 0.29) is 28.1 Å². The van der Waals surface area contributed by atoms with Crippen molar-refractivity contribution in [3.05, 3.63) is 47.0 Å². The monoisotopic (exact) mass is 434 g/mol. The molecule has 6 rings (SSSR count). The number of nitrogens with one attached hydrogen (secondary N) is 1. The molecule has 0 radical (unpaired) electrons. The van der Waals surface area contributed by atoms with E-state index >= 15 is 0 Å². The number of benzene rings is 2. The highest BCUT2D eigenvalue weighted by Crippen LogP contribution is 2.55. The molecule has 0 aliphatic carbocycles. The van der Waals surface area contributed by atoms with Crippen LogP contribution in [0.3, 0.4) is 0 Å². The van der Waals surface area contributed by atoms with Crippen LogP contribution in [-0.2, 0) is 22.0 Å². The van der Waals surface area contributed by atoms with Gasteiger partial charge in [0.05, 0.1) is 11.3 Å². The van der Waals surface area contributed by atoms with Gasteiger partial charge in [-0.05, 0) is 59.4 Å². The van der Waals surface area contributed by atoms with Gasteiger partial charge in [-0.2, -0.15) is 0 Å². The molecule has 4 heterocycles. The summed E-state index contributed by atoms with van der Waals surface area (Å²) in [5.74, 6) is 0.571. The first-order valence-electron chi connectivity index (χ1n) is 11.4. The second-order valence-electron chi connectivity index (χ2n) is 10.8. The first-order chi connectivity index (χ1) is 14.7. The number of hydrogen-bond acceptors (Lipinski definition) is 5. The fourth-order valence-electron chi connectivity index (χ4n) is 5.79. The summed E-state index contributed by atoms with van der Waals surface area (Å²) in [5, 5.41) is 3.58. The van der Waals surface area contributed by atoms with Crippen molar-refractivity contribution < 1.29 is 9.53 Å². The van der Waals surface area contributed by atoms with Gasteiger partial charge in [0.2, 0.25) is 0 Å². The molecule has 2 aromatic rings. The van der Waals surface area contributed by atoms with Gasteiger partial charge < -0.3 is 15.0 Å². The average molecular weight is 435 g/mol. The van der Waals surface area contributed by atoms with Gasteiger partial charge in [0.1, 0.15) is 5.75 Å². The molecule has 0 fully saturated rings. The van der Waals surface area contributed by atoms with Crippen LogP contribution >= 0.6 is 11.8 Å². The number of nitrogens with zero attached hydrogens (tertiary/aromatic N) is 1. The molecular weight excluding hydrogens is 404 g/mol. The predicted molar refractivity (Wildman–Crippen MR) is 126 cm³/mol. The molecule has 4 nitrogen and oxygen atoms in total. The Balaban J connectivity index is 1.45. The third kappa shape index (κ3) is 2.85. The Morgan fingerprint density at radius 1 is 1.10 bits per heavy atom. The first kappa shape index (κ1) is 19.5. The Hall–Kier alpha value is -2.14. The van der Waals surface area contributed by atoms with Gasteiger partial charge in [-0.3, -0.25) is 4.79 Å². The van der Waals surface area contributed by atoms with E-state index in [9.17, 15) is 4.79 Å². The summed E-state index contributed by atoms with van der Waals surface area (Å²) in [6.07, 6.45) is 2.99. The summed E-state index contributed by atoms with van der Waals surface area (Å²) in [5.41, 5.74) is 6.52. The number of ether oxygens (including phenoxy) is 1. The number of carbonyl (C=O) groups is 1. The molecule has 2 aromatic carbocycles. The van der Waals surface area contributed by atoms with Crippen molar-refractivity contribution in [1.82, 2.24) is 0 Å². The number of fused-ring (bicyclic) bond motifs is 3. The summed E-state index contributed by atoms with van der Waals surface area (Å²) >= 11 is 1.75. The highest BCUT2D eigenvalue weighted by Gasteiger charge is 2.46. The van der Waals surface area contributed by atoms with E-state index in [0.717, 1.165) is 43.8 Å². The molecular formula is C26H30N2O2S. The SMILES string of the molecule is CC1(C)CCN2CCC(C)(C)c3c4c(cc1c32)CC(C1Nc2ccccc2S1)C(=O)O4. The van der Waals surface area contributed by atoms with Crippen molar-refractivity contribution in [2.24, 2.45) is 5.92 Å². The second kappa shape index (κ2) is 6.44. The number of esters is 1. The van der Waals surface area contributed by atoms with Crippen LogP contribution < -0.4 is 15.0 Å². The Morgan fingerprint density at radius 3 is 2.61 bits per heavy atom. The molecule has 31 heavy (non-hydrogen) atoms. The van der Waals surface area contributed by atoms with Crippen LogP contribution in [0.5, 0.6) is 5.75 Å². The van der Waals surface area contributed by atoms with E-state index in [4.69, 9.17) is 4.74 Å². The minimum absolute atomic E-state index is 0.00303. The number of thioether (sulfide) groups is 1. The van der Waals surface area contributed by atoms with Gasteiger partial charge in [-0.15, -0.1) is 0 Å². The standard InChI is InChI=1S/C26H30N2O2S/c1-25(2)9-11-28-12-10-26(3,4)20-21(28)17(25)14-15-13-16(24(29)30-22(15)20)23-27-18-7-5-6-8-19(18)31-23/h5-8,14,16,23,27H,9-13H2,1-4H3. The lowest BCUT2D eigenvalue weighted by Crippen LogP contribution is -2.46. The van der Waals surface area contributed by atoms with Crippen LogP contribution in [0.2, 0.25) is 0 Å². The minimum atomic E-state index is -0.190. The lowest BCUT2D eigenvalue weighted by molar-refractivity contribution is -0.140. The van der Waals surface area contributed by atoms with Crippen molar-refractivity contribution in [3.63, 3.8) is 0 Å². The molecule has 4 aliphatic heterocycles. The van der Waals surface area contributed by atoms with Gasteiger partial charge >= 0.3 is 5.97 Å². The second-order valence-corrected chi connectivity index (χ2v) is 12.0. The Labute approximate surface area is 188 Å². The molecule has 1 N–H and O–H groups in total. The van der Waals surface area contributed by atoms with Crippen LogP contribution in [0.1, 0.15) is 57.2 Å². The molecule has 0 amide bonds. The minimum Gasteiger partial charge on any atom is -0.426 e. The van der Waals surface area contributed by atoms with E-state index in [0.29, 0.717) is 0 Å². The van der Waals surface area contributed by atoms with Crippen LogP contribution in [-0.4, -0.2) is 24.4 Å². The maximum absolute atomic E-state index is 13.3. The highest BCUT2D eigenvalue weighted by atomic mass is 32.2. The number of carbonyl (C=O) groups excluding carboxylic acids is 1. The van der Waals surface area contributed by atoms with Crippen LogP contribution in [0.25, 0.3) is 0 Å². The number of rotatable bonds is 1. The Bertz CT molecular complexity index is 1080. The maximum Gasteiger partial charge on any atom is 0.317 e. The molecule has 4 aliphatic rings. The highest BCUT2D eigenvalue weighted by molar-refractivity contribution is 8.00. The van der Waals surface area contributed by atoms with E-state index < -0.39 is 0 Å². The summed E-state index contributed by atoms with van der Waals surface area (Å²) in [7, 11) is 0. The summed E-state index contributed by atoms with van der Waals surface area (Å²) in [4.78, 5) is 17.0. The van der Waals surface area contributed by atoms with Gasteiger partial charge in [-0.25, -0.2) is 0 Å². The normalized spacial score (nSPS) is 27.0. The third-order valence-electron chi connectivity index (χ3n) is 7.81. The third-order valence-corrected chi connectivity index (χ3v) is 9.12. The Morgan fingerprint density at radius 2 is 1.84 bits per heavy atom. The molecule has 0 spiro atoms. The average Bonchev–Trinajstić information content (AvgIpc) is 3.15. The zero-order chi connectivity index (χ0) is 21.5. The summed E-state index contributed by atoms with van der Waals surface area (Å²) in [6.45, 7) is 11.5. The van der Waals surface area contributed by atoms with Gasteiger partial charge in [0, 0.05) is 34.9 Å². The van der Waals surface area contributed by atoms with Crippen molar-refractivity contribution in [2.45, 2.75) is 68.1 Å². The van der Waals surface area contributed by atoms with Crippen molar-refractivity contribution >= 4 is 29.1 Å². The van der Waals surface area contributed by atoms with E-state index in [1.165, 1.54) is 27.3 Å². The maximum atomic E-state index is 13.3. The molecule has 0 bridgehead atoms. The number of para-hydroxylation sites is 1. The largest absolute Gasteiger partial charge is 0.426 e. The Kier molecular flexibility index (Phi) is 4.06. The van der Waals surface area contributed by atoms with E-state index in [2.05, 4.69) is 62.2 Å². The topological polar surface area (TPSA) is 41.6 Å². The van der Waals surface area contributed by atoms with E-state index in [1.54, 1.807) is 11.8 Å². The summed E-state index contributed by atoms with van der Waals surface area (Å²) in [6, 6.07) is 10.7. The van der Waals surface area contributed by atoms with E-state index in [1.807, 2.05) is 6.07 Å². The zero-order valence-corrected chi connectivity index (χ0v) is 19.6. The summed E-state index contributed by atoms with van der Waals surface area (Å²) < 4.78 is 6.21. The zero-order valence-electron chi connectivity index (χ0n) is 18.7. The van der Waals surface area contributed by atoms with Crippen LogP contribution in [0.15, 0.2) is 35.2 Å². The number of anilines is 2. The quantitative estimate of drug-likeness (QED) is 0.476. The fourth-order valence-corrected chi connectivity index (χ4v) is 7.04. The first-order valence-corrected chi connectivity index (χ1v) is 12.3. The molecule has 5 heteroatoms. The smallest absolute Gasteiger partial charge is 0.317 e. The molecule has 0 saturated carbocycles. The van der Waals surface area contributed by atoms with Gasteiger partial charge in [0.15, 0.2) is 0 Å². The van der Waals surface area contributed by atoms with Crippen LogP contribution in [0, 0.1) is 5.92 Å². The fraction of sp³-hybridized carbons (Fsp3) is 0.500. The lowest BCUT2D eigenvalue weighted by atomic mass is 9.68. The van der Waals surface area contributed by atoms with Crippen molar-refractivity contribution in [2.75, 3.05) is 23.3 Å². The van der Waals surface area contributed by atoms with Crippen molar-refractivity contribution in [3.8, 4) is 5.75 Å². The lowest BCUT2D eigenvalue weighted by Gasteiger charge is -2.49. The molecule has 2 unspecified atom stereocenters. The predicted octanol–water partition coefficient (Wildman–Crippen LogP) is 5.48. The molecule has 0 saturated heterocycles. The van der Waals surface area contributed by atoms with Crippen molar-refractivity contribution in [1.29, 1.82) is 0 Å². The molecule has 162 valence electrons. The molecule has 2 atom stereocenters.